The Balaban J connectivity index is 3.22. The van der Waals surface area contributed by atoms with E-state index in [2.05, 4.69) is 5.92 Å². The lowest BCUT2D eigenvalue weighted by molar-refractivity contribution is -0.137. The fourth-order valence-corrected chi connectivity index (χ4v) is 1.17. The van der Waals surface area contributed by atoms with Crippen LogP contribution in [-0.4, -0.2) is 22.3 Å². The molecule has 15 heavy (non-hydrogen) atoms. The maximum atomic E-state index is 10.2. The Hall–Kier alpha value is -1.27. The van der Waals surface area contributed by atoms with Crippen LogP contribution in [0.15, 0.2) is 12.2 Å². The molecule has 0 radical (unpaired) electrons. The zero-order valence-electron chi connectivity index (χ0n) is 8.85. The quantitative estimate of drug-likeness (QED) is 0.366. The van der Waals surface area contributed by atoms with Crippen LogP contribution in [0, 0.1) is 12.3 Å². The summed E-state index contributed by atoms with van der Waals surface area (Å²) in [6.07, 6.45) is 12.5. The van der Waals surface area contributed by atoms with Gasteiger partial charge in [0, 0.05) is 6.42 Å². The van der Waals surface area contributed by atoms with Crippen molar-refractivity contribution in [2.24, 2.45) is 0 Å². The molecule has 84 valence electrons. The summed E-state index contributed by atoms with van der Waals surface area (Å²) in [6, 6.07) is 0. The minimum atomic E-state index is -0.781. The van der Waals surface area contributed by atoms with Gasteiger partial charge in [-0.05, 0) is 25.3 Å². The Labute approximate surface area is 90.8 Å². The van der Waals surface area contributed by atoms with Crippen molar-refractivity contribution in [2.45, 2.75) is 44.6 Å². The Morgan fingerprint density at radius 3 is 2.60 bits per heavy atom. The molecule has 2 N–H and O–H groups in total. The lowest BCUT2D eigenvalue weighted by Crippen LogP contribution is -1.95. The van der Waals surface area contributed by atoms with Crippen LogP contribution in [0.3, 0.4) is 0 Å². The first kappa shape index (κ1) is 13.7. The Morgan fingerprint density at radius 2 is 2.00 bits per heavy atom. The lowest BCUT2D eigenvalue weighted by Gasteiger charge is -1.97. The van der Waals surface area contributed by atoms with E-state index in [1.807, 2.05) is 6.08 Å². The van der Waals surface area contributed by atoms with Gasteiger partial charge in [-0.2, -0.15) is 0 Å². The fourth-order valence-electron chi connectivity index (χ4n) is 1.17. The Bertz CT molecular complexity index is 238. The molecule has 3 nitrogen and oxygen atoms in total. The molecular weight excluding hydrogens is 192 g/mol. The highest BCUT2D eigenvalue weighted by Crippen LogP contribution is 2.05. The van der Waals surface area contributed by atoms with Crippen LogP contribution in [0.25, 0.3) is 0 Å². The van der Waals surface area contributed by atoms with Crippen LogP contribution < -0.4 is 0 Å². The molecule has 0 aromatic rings. The first-order valence-corrected chi connectivity index (χ1v) is 5.19. The number of hydrogen-bond donors (Lipinski definition) is 2. The molecule has 0 amide bonds. The number of aliphatic hydroxyl groups excluding tert-OH is 1. The number of hydrogen-bond acceptors (Lipinski definition) is 2. The van der Waals surface area contributed by atoms with Crippen molar-refractivity contribution in [3.05, 3.63) is 12.2 Å². The zero-order valence-corrected chi connectivity index (χ0v) is 8.85. The molecule has 0 aliphatic rings. The number of aliphatic carboxylic acids is 1. The van der Waals surface area contributed by atoms with E-state index in [4.69, 9.17) is 16.6 Å². The van der Waals surface area contributed by atoms with Crippen molar-refractivity contribution in [1.29, 1.82) is 0 Å². The number of rotatable bonds is 8. The molecule has 0 aliphatic carbocycles. The first-order valence-electron chi connectivity index (χ1n) is 5.19. The Morgan fingerprint density at radius 1 is 1.33 bits per heavy atom. The van der Waals surface area contributed by atoms with Crippen LogP contribution >= 0.6 is 0 Å². The van der Waals surface area contributed by atoms with Crippen LogP contribution in [0.2, 0.25) is 0 Å². The minimum absolute atomic E-state index is 0.256. The predicted octanol–water partition coefficient (Wildman–Crippen LogP) is 1.96. The van der Waals surface area contributed by atoms with Gasteiger partial charge in [0.15, 0.2) is 0 Å². The monoisotopic (exact) mass is 210 g/mol. The van der Waals surface area contributed by atoms with Gasteiger partial charge < -0.3 is 10.2 Å². The van der Waals surface area contributed by atoms with Gasteiger partial charge in [-0.25, -0.2) is 0 Å². The number of terminal acetylenes is 1. The van der Waals surface area contributed by atoms with E-state index in [-0.39, 0.29) is 6.42 Å². The van der Waals surface area contributed by atoms with Crippen molar-refractivity contribution >= 4 is 5.97 Å². The Kier molecular flexibility index (Phi) is 8.50. The summed E-state index contributed by atoms with van der Waals surface area (Å²) in [6.45, 7) is 0. The van der Waals surface area contributed by atoms with Crippen LogP contribution in [0.4, 0.5) is 0 Å². The number of allylic oxidation sites excluding steroid dienone is 1. The summed E-state index contributed by atoms with van der Waals surface area (Å²) in [7, 11) is 0. The molecular formula is C12H18O3. The van der Waals surface area contributed by atoms with E-state index in [1.165, 1.54) is 0 Å². The van der Waals surface area contributed by atoms with E-state index in [0.717, 1.165) is 32.1 Å². The number of aliphatic hydroxyl groups is 1. The van der Waals surface area contributed by atoms with Gasteiger partial charge in [0.25, 0.3) is 0 Å². The molecule has 0 bridgehead atoms. The smallest absolute Gasteiger partial charge is 0.303 e. The second-order valence-electron chi connectivity index (χ2n) is 3.39. The standard InChI is InChI=1S/C12H18O3/c1-2-11(13)9-7-5-3-4-6-8-10-12(14)15/h1,7,9,11,13H,3-6,8,10H2,(H,14,15). The van der Waals surface area contributed by atoms with Gasteiger partial charge in [0.1, 0.15) is 6.10 Å². The van der Waals surface area contributed by atoms with Crippen LogP contribution in [0.1, 0.15) is 38.5 Å². The summed E-state index contributed by atoms with van der Waals surface area (Å²) in [5, 5.41) is 17.4. The highest BCUT2D eigenvalue weighted by Gasteiger charge is 1.95. The summed E-state index contributed by atoms with van der Waals surface area (Å²) in [5.41, 5.74) is 0. The topological polar surface area (TPSA) is 57.5 Å². The summed E-state index contributed by atoms with van der Waals surface area (Å²) >= 11 is 0. The molecule has 0 saturated carbocycles. The minimum Gasteiger partial charge on any atom is -0.481 e. The maximum absolute atomic E-state index is 10.2. The first-order chi connectivity index (χ1) is 7.16. The van der Waals surface area contributed by atoms with E-state index < -0.39 is 12.1 Å². The fraction of sp³-hybridized carbons (Fsp3) is 0.583. The van der Waals surface area contributed by atoms with Gasteiger partial charge in [-0.3, -0.25) is 4.79 Å². The highest BCUT2D eigenvalue weighted by atomic mass is 16.4. The van der Waals surface area contributed by atoms with E-state index in [9.17, 15) is 4.79 Å². The second kappa shape index (κ2) is 9.29. The molecule has 0 saturated heterocycles. The third-order valence-electron chi connectivity index (χ3n) is 2.00. The lowest BCUT2D eigenvalue weighted by atomic mass is 10.1. The number of carboxylic acid groups (broad SMARTS) is 1. The average Bonchev–Trinajstić information content (AvgIpc) is 2.21. The number of carboxylic acids is 1. The van der Waals surface area contributed by atoms with Crippen molar-refractivity contribution in [2.75, 3.05) is 0 Å². The second-order valence-corrected chi connectivity index (χ2v) is 3.39. The van der Waals surface area contributed by atoms with E-state index in [0.29, 0.717) is 0 Å². The van der Waals surface area contributed by atoms with Crippen molar-refractivity contribution in [3.63, 3.8) is 0 Å². The molecule has 0 fully saturated rings. The molecule has 3 heteroatoms. The normalized spacial score (nSPS) is 12.5. The average molecular weight is 210 g/mol. The van der Waals surface area contributed by atoms with Gasteiger partial charge >= 0.3 is 5.97 Å². The van der Waals surface area contributed by atoms with Crippen LogP contribution in [-0.2, 0) is 4.79 Å². The van der Waals surface area contributed by atoms with E-state index in [1.54, 1.807) is 6.08 Å². The zero-order chi connectivity index (χ0) is 11.5. The third-order valence-corrected chi connectivity index (χ3v) is 2.00. The van der Waals surface area contributed by atoms with Gasteiger partial charge in [0.05, 0.1) is 0 Å². The highest BCUT2D eigenvalue weighted by molar-refractivity contribution is 5.66. The van der Waals surface area contributed by atoms with Crippen molar-refractivity contribution in [1.82, 2.24) is 0 Å². The predicted molar refractivity (Wildman–Crippen MR) is 59.3 cm³/mol. The SMILES string of the molecule is C#CC(O)C=CCCCCCCC(=O)O. The molecule has 1 unspecified atom stereocenters. The van der Waals surface area contributed by atoms with Crippen LogP contribution in [0.5, 0.6) is 0 Å². The molecule has 0 heterocycles. The number of unbranched alkanes of at least 4 members (excludes halogenated alkanes) is 4. The van der Waals surface area contributed by atoms with Gasteiger partial charge in [-0.1, -0.05) is 24.8 Å². The van der Waals surface area contributed by atoms with Gasteiger partial charge in [0.2, 0.25) is 0 Å². The third kappa shape index (κ3) is 10.7. The summed E-state index contributed by atoms with van der Waals surface area (Å²) in [5.74, 6) is 1.46. The summed E-state index contributed by atoms with van der Waals surface area (Å²) in [4.78, 5) is 10.2. The molecule has 0 aliphatic heterocycles. The summed E-state index contributed by atoms with van der Waals surface area (Å²) < 4.78 is 0. The molecule has 0 rings (SSSR count). The number of carbonyl (C=O) groups is 1. The van der Waals surface area contributed by atoms with Crippen molar-refractivity contribution < 1.29 is 15.0 Å². The molecule has 0 aromatic heterocycles. The molecule has 0 spiro atoms. The molecule has 1 atom stereocenters. The maximum Gasteiger partial charge on any atom is 0.303 e. The van der Waals surface area contributed by atoms with E-state index >= 15 is 0 Å². The molecule has 0 aromatic carbocycles. The van der Waals surface area contributed by atoms with Crippen molar-refractivity contribution in [3.8, 4) is 12.3 Å². The largest absolute Gasteiger partial charge is 0.481 e. The van der Waals surface area contributed by atoms with Gasteiger partial charge in [-0.15, -0.1) is 6.42 Å².